The number of hydrogen-bond donors (Lipinski definition) is 1. The minimum absolute atomic E-state index is 0.531. The first-order valence-electron chi connectivity index (χ1n) is 8.94. The average Bonchev–Trinajstić information content (AvgIpc) is 2.93. The molecule has 1 heterocycles. The Balaban J connectivity index is 2.11. The van der Waals surface area contributed by atoms with Gasteiger partial charge >= 0.3 is 0 Å². The Hall–Kier alpha value is -1.94. The summed E-state index contributed by atoms with van der Waals surface area (Å²) in [7, 11) is 6.36. The number of hydrogen-bond acceptors (Lipinski definition) is 2. The number of unbranched alkanes of at least 4 members (excludes halogenated alkanes) is 2. The van der Waals surface area contributed by atoms with Crippen molar-refractivity contribution in [3.8, 4) is 0 Å². The quantitative estimate of drug-likeness (QED) is 0.565. The van der Waals surface area contributed by atoms with Crippen LogP contribution in [-0.2, 0) is 13.5 Å². The Morgan fingerprint density at radius 1 is 1.17 bits per heavy atom. The first-order valence-corrected chi connectivity index (χ1v) is 8.94. The lowest BCUT2D eigenvalue weighted by molar-refractivity contribution is -0.732. The molecule has 0 amide bonds. The van der Waals surface area contributed by atoms with E-state index < -0.39 is 0 Å². The summed E-state index contributed by atoms with van der Waals surface area (Å²) in [6.45, 7) is 2.25. The van der Waals surface area contributed by atoms with Crippen LogP contribution in [0.5, 0.6) is 0 Å². The van der Waals surface area contributed by atoms with E-state index in [0.717, 1.165) is 17.8 Å². The zero-order valence-corrected chi connectivity index (χ0v) is 15.5. The molecule has 1 atom stereocenters. The van der Waals surface area contributed by atoms with Gasteiger partial charge in [0.2, 0.25) is 5.69 Å². The summed E-state index contributed by atoms with van der Waals surface area (Å²) < 4.78 is 1.99. The van der Waals surface area contributed by atoms with Crippen molar-refractivity contribution in [3.63, 3.8) is 0 Å². The first kappa shape index (κ1) is 18.4. The van der Waals surface area contributed by atoms with Gasteiger partial charge in [0, 0.05) is 17.6 Å². The molecule has 1 aromatic carbocycles. The number of aryl methyl sites for hydroxylation is 1. The summed E-state index contributed by atoms with van der Waals surface area (Å²) in [5, 5.41) is 7.62. The van der Waals surface area contributed by atoms with Gasteiger partial charge in [-0.2, -0.15) is 4.68 Å². The minimum atomic E-state index is 0.531. The molecule has 1 aromatic heterocycles. The van der Waals surface area contributed by atoms with E-state index in [9.17, 15) is 0 Å². The normalized spacial score (nSPS) is 13.0. The largest absolute Gasteiger partial charge is 0.306 e. The van der Waals surface area contributed by atoms with Gasteiger partial charge in [-0.1, -0.05) is 67.8 Å². The number of aromatic amines is 1. The van der Waals surface area contributed by atoms with Gasteiger partial charge in [0.15, 0.2) is 5.69 Å². The number of rotatable bonds is 9. The lowest BCUT2D eigenvalue weighted by Gasteiger charge is -2.22. The van der Waals surface area contributed by atoms with Gasteiger partial charge in [-0.15, -0.1) is 0 Å². The zero-order chi connectivity index (χ0) is 17.4. The fourth-order valence-electron chi connectivity index (χ4n) is 2.93. The van der Waals surface area contributed by atoms with Crippen molar-refractivity contribution in [3.05, 3.63) is 47.3 Å². The van der Waals surface area contributed by atoms with Crippen molar-refractivity contribution in [1.82, 2.24) is 15.2 Å². The van der Waals surface area contributed by atoms with Crippen molar-refractivity contribution in [1.29, 1.82) is 0 Å². The van der Waals surface area contributed by atoms with E-state index in [-0.39, 0.29) is 0 Å². The fraction of sp³-hybridized carbons (Fsp3) is 0.500. The molecule has 1 unspecified atom stereocenters. The van der Waals surface area contributed by atoms with Crippen molar-refractivity contribution in [2.75, 3.05) is 14.1 Å². The van der Waals surface area contributed by atoms with E-state index in [1.54, 1.807) is 0 Å². The average molecular weight is 327 g/mol. The molecule has 1 N–H and O–H groups in total. The van der Waals surface area contributed by atoms with Crippen LogP contribution < -0.4 is 4.68 Å². The molecule has 2 aromatic rings. The predicted molar refractivity (Wildman–Crippen MR) is 100 cm³/mol. The standard InChI is InChI=1S/C20H30N4/c1-5-6-8-13-18(23(2)3)16-19-20(24(4)22-21-19)15-14-17-11-9-7-10-12-17/h7,9-12,14-15,18H,5-6,8,13,16H2,1-4H3/p+1. The Morgan fingerprint density at radius 2 is 1.92 bits per heavy atom. The van der Waals surface area contributed by atoms with Crippen LogP contribution in [0.2, 0.25) is 0 Å². The molecule has 0 saturated carbocycles. The molecular weight excluding hydrogens is 296 g/mol. The van der Waals surface area contributed by atoms with Gasteiger partial charge < -0.3 is 4.90 Å². The second kappa shape index (κ2) is 9.38. The molecule has 4 nitrogen and oxygen atoms in total. The molecule has 0 saturated heterocycles. The molecule has 2 rings (SSSR count). The molecule has 4 heteroatoms. The summed E-state index contributed by atoms with van der Waals surface area (Å²) in [4.78, 5) is 2.33. The van der Waals surface area contributed by atoms with Crippen LogP contribution in [0, 0.1) is 0 Å². The lowest BCUT2D eigenvalue weighted by atomic mass is 10.0. The highest BCUT2D eigenvalue weighted by atomic mass is 15.4. The van der Waals surface area contributed by atoms with E-state index in [1.165, 1.54) is 31.2 Å². The molecule has 0 aliphatic carbocycles. The van der Waals surface area contributed by atoms with Gasteiger partial charge in [0.1, 0.15) is 7.05 Å². The number of nitrogens with zero attached hydrogens (tertiary/aromatic N) is 3. The number of aromatic nitrogens is 3. The Bertz CT molecular complexity index is 628. The number of H-pyrrole nitrogens is 1. The molecule has 130 valence electrons. The SMILES string of the molecule is CCCCCC(Cc1n[nH][n+](C)c1C=Cc1ccccc1)N(C)C. The van der Waals surface area contributed by atoms with Gasteiger partial charge in [-0.3, -0.25) is 0 Å². The molecular formula is C20H31N4+. The highest BCUT2D eigenvalue weighted by Gasteiger charge is 2.22. The van der Waals surface area contributed by atoms with E-state index in [0.29, 0.717) is 6.04 Å². The third-order valence-corrected chi connectivity index (χ3v) is 4.53. The summed E-state index contributed by atoms with van der Waals surface area (Å²) >= 11 is 0. The fourth-order valence-corrected chi connectivity index (χ4v) is 2.93. The third kappa shape index (κ3) is 5.31. The van der Waals surface area contributed by atoms with E-state index in [2.05, 4.69) is 72.6 Å². The Labute approximate surface area is 146 Å². The van der Waals surface area contributed by atoms with Gasteiger partial charge in [-0.25, -0.2) is 0 Å². The lowest BCUT2D eigenvalue weighted by Crippen LogP contribution is -2.34. The van der Waals surface area contributed by atoms with Gasteiger partial charge in [0.05, 0.1) is 0 Å². The first-order chi connectivity index (χ1) is 11.6. The van der Waals surface area contributed by atoms with E-state index in [1.807, 2.05) is 17.8 Å². The van der Waals surface area contributed by atoms with Crippen LogP contribution in [0.4, 0.5) is 0 Å². The van der Waals surface area contributed by atoms with Crippen molar-refractivity contribution in [2.45, 2.75) is 45.1 Å². The van der Waals surface area contributed by atoms with Crippen LogP contribution in [0.15, 0.2) is 30.3 Å². The van der Waals surface area contributed by atoms with Crippen LogP contribution in [0.25, 0.3) is 12.2 Å². The Morgan fingerprint density at radius 3 is 2.58 bits per heavy atom. The second-order valence-electron chi connectivity index (χ2n) is 6.66. The molecule has 24 heavy (non-hydrogen) atoms. The maximum absolute atomic E-state index is 4.54. The van der Waals surface area contributed by atoms with Crippen molar-refractivity contribution >= 4 is 12.2 Å². The van der Waals surface area contributed by atoms with E-state index in [4.69, 9.17) is 0 Å². The molecule has 0 bridgehead atoms. The van der Waals surface area contributed by atoms with Crippen molar-refractivity contribution < 1.29 is 4.68 Å². The summed E-state index contributed by atoms with van der Waals surface area (Å²) in [5.74, 6) is 0. The smallest absolute Gasteiger partial charge is 0.227 e. The number of benzene rings is 1. The zero-order valence-electron chi connectivity index (χ0n) is 15.5. The van der Waals surface area contributed by atoms with Gasteiger partial charge in [0.25, 0.3) is 0 Å². The van der Waals surface area contributed by atoms with Crippen molar-refractivity contribution in [2.24, 2.45) is 7.05 Å². The van der Waals surface area contributed by atoms with Crippen LogP contribution in [-0.4, -0.2) is 35.3 Å². The van der Waals surface area contributed by atoms with E-state index >= 15 is 0 Å². The molecule has 0 radical (unpaired) electrons. The highest BCUT2D eigenvalue weighted by Crippen LogP contribution is 2.15. The topological polar surface area (TPSA) is 35.8 Å². The highest BCUT2D eigenvalue weighted by molar-refractivity contribution is 5.67. The predicted octanol–water partition coefficient (Wildman–Crippen LogP) is 3.46. The maximum Gasteiger partial charge on any atom is 0.227 e. The van der Waals surface area contributed by atoms with Crippen LogP contribution in [0.3, 0.4) is 0 Å². The number of nitrogens with one attached hydrogen (secondary N) is 1. The van der Waals surface area contributed by atoms with Gasteiger partial charge in [-0.05, 0) is 32.2 Å². The summed E-state index contributed by atoms with van der Waals surface area (Å²) in [6.07, 6.45) is 10.4. The minimum Gasteiger partial charge on any atom is -0.306 e. The Kier molecular flexibility index (Phi) is 7.19. The van der Waals surface area contributed by atoms with Crippen LogP contribution in [0.1, 0.15) is 49.6 Å². The third-order valence-electron chi connectivity index (χ3n) is 4.53. The molecule has 0 fully saturated rings. The summed E-state index contributed by atoms with van der Waals surface area (Å²) in [5.41, 5.74) is 3.50. The maximum atomic E-state index is 4.54. The monoisotopic (exact) mass is 327 g/mol. The molecule has 0 aliphatic rings. The summed E-state index contributed by atoms with van der Waals surface area (Å²) in [6, 6.07) is 10.9. The molecule has 0 aliphatic heterocycles. The van der Waals surface area contributed by atoms with Crippen LogP contribution >= 0.6 is 0 Å². The number of likely N-dealkylation sites (N-methyl/N-ethyl adjacent to an activating group) is 1. The second-order valence-corrected chi connectivity index (χ2v) is 6.66. The molecule has 0 spiro atoms.